The van der Waals surface area contributed by atoms with Gasteiger partial charge in [0.2, 0.25) is 0 Å². The number of halogens is 1. The van der Waals surface area contributed by atoms with Crippen molar-refractivity contribution >= 4 is 28.4 Å². The van der Waals surface area contributed by atoms with Crippen LogP contribution in [0.15, 0.2) is 60.8 Å². The zero-order chi connectivity index (χ0) is 21.4. The number of pyridine rings is 2. The minimum atomic E-state index is -0.288. The van der Waals surface area contributed by atoms with Crippen molar-refractivity contribution in [2.24, 2.45) is 5.41 Å². The number of ketones is 1. The van der Waals surface area contributed by atoms with Gasteiger partial charge in [-0.2, -0.15) is 5.26 Å². The Morgan fingerprint density at radius 2 is 1.94 bits per heavy atom. The first-order valence-corrected chi connectivity index (χ1v) is 10.6. The van der Waals surface area contributed by atoms with E-state index in [-0.39, 0.29) is 11.2 Å². The molecule has 0 amide bonds. The highest BCUT2D eigenvalue weighted by molar-refractivity contribution is 6.38. The molecule has 3 heterocycles. The number of H-pyrrole nitrogens is 1. The van der Waals surface area contributed by atoms with E-state index in [0.717, 1.165) is 35.0 Å². The van der Waals surface area contributed by atoms with Crippen LogP contribution in [0.5, 0.6) is 0 Å². The van der Waals surface area contributed by atoms with Crippen LogP contribution in [0.3, 0.4) is 0 Å². The number of hydrogen-bond donors (Lipinski definition) is 1. The third-order valence-electron chi connectivity index (χ3n) is 5.90. The van der Waals surface area contributed by atoms with Crippen LogP contribution < -0.4 is 0 Å². The van der Waals surface area contributed by atoms with Crippen LogP contribution in [-0.2, 0) is 0 Å². The Labute approximate surface area is 184 Å². The first kappa shape index (κ1) is 19.5. The third-order valence-corrected chi connectivity index (χ3v) is 6.29. The van der Waals surface area contributed by atoms with Gasteiger partial charge in [-0.1, -0.05) is 48.0 Å². The molecule has 0 atom stereocenters. The second-order valence-electron chi connectivity index (χ2n) is 8.02. The maximum atomic E-state index is 12.6. The Balaban J connectivity index is 1.44. The van der Waals surface area contributed by atoms with E-state index in [2.05, 4.69) is 21.0 Å². The van der Waals surface area contributed by atoms with Crippen molar-refractivity contribution in [3.8, 4) is 28.6 Å². The smallest absolute Gasteiger partial charge is 0.181 e. The molecular formula is C25H19ClN4O. The van der Waals surface area contributed by atoms with Gasteiger partial charge in [0.15, 0.2) is 5.78 Å². The predicted molar refractivity (Wildman–Crippen MR) is 121 cm³/mol. The van der Waals surface area contributed by atoms with Crippen LogP contribution in [0.25, 0.3) is 33.5 Å². The number of carbonyl (C=O) groups is 1. The van der Waals surface area contributed by atoms with Crippen molar-refractivity contribution in [3.63, 3.8) is 0 Å². The fourth-order valence-corrected chi connectivity index (χ4v) is 4.08. The fourth-order valence-electron chi connectivity index (χ4n) is 3.78. The monoisotopic (exact) mass is 426 g/mol. The molecule has 0 radical (unpaired) electrons. The van der Waals surface area contributed by atoms with Crippen molar-refractivity contribution in [2.45, 2.75) is 25.7 Å². The van der Waals surface area contributed by atoms with Gasteiger partial charge in [0, 0.05) is 23.6 Å². The van der Waals surface area contributed by atoms with E-state index in [0.29, 0.717) is 34.9 Å². The van der Waals surface area contributed by atoms with Crippen molar-refractivity contribution in [1.82, 2.24) is 15.0 Å². The summed E-state index contributed by atoms with van der Waals surface area (Å²) in [6.07, 6.45) is 4.44. The maximum Gasteiger partial charge on any atom is 0.181 e. The highest BCUT2D eigenvalue weighted by Crippen LogP contribution is 2.49. The number of nitriles is 1. The Kier molecular flexibility index (Phi) is 4.80. The molecule has 5 nitrogen and oxygen atoms in total. The van der Waals surface area contributed by atoms with Crippen molar-refractivity contribution < 1.29 is 4.79 Å². The summed E-state index contributed by atoms with van der Waals surface area (Å²) in [6.45, 7) is 0. The van der Waals surface area contributed by atoms with Gasteiger partial charge >= 0.3 is 0 Å². The van der Waals surface area contributed by atoms with Crippen molar-refractivity contribution in [3.05, 3.63) is 71.5 Å². The van der Waals surface area contributed by atoms with E-state index in [1.807, 2.05) is 48.5 Å². The quantitative estimate of drug-likeness (QED) is 0.371. The summed E-state index contributed by atoms with van der Waals surface area (Å²) in [5.41, 5.74) is 4.10. The molecule has 152 valence electrons. The Hall–Kier alpha value is -3.49. The lowest BCUT2D eigenvalue weighted by Gasteiger charge is -2.06. The van der Waals surface area contributed by atoms with E-state index in [9.17, 15) is 10.1 Å². The van der Waals surface area contributed by atoms with Gasteiger partial charge in [-0.3, -0.25) is 4.79 Å². The average molecular weight is 427 g/mol. The number of hydrogen-bond acceptors (Lipinski definition) is 4. The van der Waals surface area contributed by atoms with E-state index in [1.54, 1.807) is 12.3 Å². The second-order valence-corrected chi connectivity index (χ2v) is 8.40. The Bertz CT molecular complexity index is 1330. The molecule has 1 aromatic carbocycles. The van der Waals surface area contributed by atoms with Crippen LogP contribution in [0.4, 0.5) is 0 Å². The van der Waals surface area contributed by atoms with Crippen LogP contribution in [0, 0.1) is 16.7 Å². The summed E-state index contributed by atoms with van der Waals surface area (Å²) in [6, 6.07) is 19.6. The van der Waals surface area contributed by atoms with E-state index in [4.69, 9.17) is 11.6 Å². The van der Waals surface area contributed by atoms with Gasteiger partial charge in [0.25, 0.3) is 0 Å². The number of aromatic nitrogens is 3. The molecule has 0 unspecified atom stereocenters. The number of Topliss-reactive ketones (excluding diaryl/α,β-unsaturated/α-hetero) is 1. The molecule has 5 rings (SSSR count). The average Bonchev–Trinajstić information content (AvgIpc) is 3.54. The maximum absolute atomic E-state index is 12.6. The molecule has 6 heteroatoms. The Morgan fingerprint density at radius 3 is 2.68 bits per heavy atom. The van der Waals surface area contributed by atoms with Gasteiger partial charge in [-0.25, -0.2) is 9.97 Å². The highest BCUT2D eigenvalue weighted by Gasteiger charge is 2.42. The first-order valence-electron chi connectivity index (χ1n) is 10.2. The molecule has 1 aliphatic carbocycles. The number of nitrogens with one attached hydrogen (secondary N) is 1. The highest BCUT2D eigenvalue weighted by atomic mass is 35.5. The summed E-state index contributed by atoms with van der Waals surface area (Å²) in [4.78, 5) is 25.0. The minimum absolute atomic E-state index is 0.0385. The van der Waals surface area contributed by atoms with Crippen molar-refractivity contribution in [2.75, 3.05) is 0 Å². The molecule has 0 spiro atoms. The number of rotatable bonds is 6. The van der Waals surface area contributed by atoms with E-state index >= 15 is 0 Å². The van der Waals surface area contributed by atoms with Crippen LogP contribution in [0.2, 0.25) is 5.02 Å². The molecule has 1 saturated carbocycles. The molecule has 0 saturated heterocycles. The predicted octanol–water partition coefficient (Wildman–Crippen LogP) is 6.21. The molecule has 0 bridgehead atoms. The first-order chi connectivity index (χ1) is 15.1. The molecule has 1 aliphatic rings. The lowest BCUT2D eigenvalue weighted by Crippen LogP contribution is -2.06. The van der Waals surface area contributed by atoms with Crippen LogP contribution in [-0.4, -0.2) is 20.7 Å². The van der Waals surface area contributed by atoms with E-state index in [1.165, 1.54) is 0 Å². The summed E-state index contributed by atoms with van der Waals surface area (Å²) >= 11 is 6.66. The van der Waals surface area contributed by atoms with E-state index < -0.39 is 0 Å². The van der Waals surface area contributed by atoms with Gasteiger partial charge in [0.05, 0.1) is 27.9 Å². The summed E-state index contributed by atoms with van der Waals surface area (Å²) in [5.74, 6) is -0.0385. The number of nitrogens with zero attached hydrogens (tertiary/aromatic N) is 3. The molecule has 4 aromatic rings. The zero-order valence-corrected chi connectivity index (χ0v) is 17.5. The number of carbonyl (C=O) groups excluding carboxylic acids is 1. The molecule has 31 heavy (non-hydrogen) atoms. The SMILES string of the molecule is N#CC1(CCC(=O)c2cccc(-c3cnc4[nH]c(-c5ccccc5)c(Cl)c4c3)n2)CC1. The largest absolute Gasteiger partial charge is 0.338 e. The third kappa shape index (κ3) is 3.71. The topological polar surface area (TPSA) is 82.4 Å². The van der Waals surface area contributed by atoms with Gasteiger partial charge in [-0.05, 0) is 43.0 Å². The summed E-state index contributed by atoms with van der Waals surface area (Å²) in [7, 11) is 0. The summed E-state index contributed by atoms with van der Waals surface area (Å²) in [5, 5.41) is 10.6. The molecule has 0 aliphatic heterocycles. The molecule has 3 aromatic heterocycles. The van der Waals surface area contributed by atoms with Gasteiger partial charge in [-0.15, -0.1) is 0 Å². The van der Waals surface area contributed by atoms with Crippen molar-refractivity contribution in [1.29, 1.82) is 5.26 Å². The van der Waals surface area contributed by atoms with Gasteiger partial charge in [0.1, 0.15) is 11.3 Å². The number of fused-ring (bicyclic) bond motifs is 1. The number of benzene rings is 1. The fraction of sp³-hybridized carbons (Fsp3) is 0.200. The standard InChI is InChI=1S/C25H19ClN4O/c26-22-18-13-17(14-28-24(18)30-23(22)16-5-2-1-3-6-16)19-7-4-8-20(29-19)21(31)9-10-25(15-27)11-12-25/h1-8,13-14H,9-12H2,(H,28,30). The molecular weight excluding hydrogens is 408 g/mol. The summed E-state index contributed by atoms with van der Waals surface area (Å²) < 4.78 is 0. The lowest BCUT2D eigenvalue weighted by atomic mass is 9.99. The van der Waals surface area contributed by atoms with Crippen LogP contribution in [0.1, 0.15) is 36.2 Å². The molecule has 1 N–H and O–H groups in total. The molecule has 1 fully saturated rings. The van der Waals surface area contributed by atoms with Gasteiger partial charge < -0.3 is 4.98 Å². The number of aromatic amines is 1. The van der Waals surface area contributed by atoms with Crippen LogP contribution >= 0.6 is 11.6 Å². The zero-order valence-electron chi connectivity index (χ0n) is 16.7. The normalized spacial score (nSPS) is 14.3. The second kappa shape index (κ2) is 7.64. The Morgan fingerprint density at radius 1 is 1.13 bits per heavy atom. The minimum Gasteiger partial charge on any atom is -0.338 e. The lowest BCUT2D eigenvalue weighted by molar-refractivity contribution is 0.0970.